The molecule has 6 heteroatoms. The van der Waals surface area contributed by atoms with Gasteiger partial charge in [0.05, 0.1) is 12.7 Å². The summed E-state index contributed by atoms with van der Waals surface area (Å²) in [7, 11) is 1.86. The Labute approximate surface area is 140 Å². The SMILES string of the molecule is CCOCC1CCN(C(=NC)NCCCOC2CCOCC2)C1. The highest BCUT2D eigenvalue weighted by Gasteiger charge is 2.24. The van der Waals surface area contributed by atoms with Crippen molar-refractivity contribution in [2.45, 2.75) is 38.7 Å². The quantitative estimate of drug-likeness (QED) is 0.416. The van der Waals surface area contributed by atoms with Crippen molar-refractivity contribution >= 4 is 5.96 Å². The number of hydrogen-bond acceptors (Lipinski definition) is 4. The molecule has 2 rings (SSSR count). The average molecular weight is 327 g/mol. The second kappa shape index (κ2) is 10.8. The van der Waals surface area contributed by atoms with Gasteiger partial charge in [0.25, 0.3) is 0 Å². The minimum atomic E-state index is 0.390. The average Bonchev–Trinajstić information content (AvgIpc) is 3.06. The number of ether oxygens (including phenoxy) is 3. The summed E-state index contributed by atoms with van der Waals surface area (Å²) < 4.78 is 16.8. The van der Waals surface area contributed by atoms with Gasteiger partial charge in [-0.1, -0.05) is 0 Å². The van der Waals surface area contributed by atoms with E-state index in [9.17, 15) is 0 Å². The van der Waals surface area contributed by atoms with E-state index in [-0.39, 0.29) is 0 Å². The number of rotatable bonds is 8. The maximum absolute atomic E-state index is 5.90. The molecule has 1 atom stereocenters. The number of guanidine groups is 1. The Hall–Kier alpha value is -0.850. The Morgan fingerprint density at radius 1 is 1.30 bits per heavy atom. The summed E-state index contributed by atoms with van der Waals surface area (Å²) in [6.45, 7) is 9.22. The van der Waals surface area contributed by atoms with E-state index in [2.05, 4.69) is 22.1 Å². The molecule has 0 aromatic rings. The lowest BCUT2D eigenvalue weighted by atomic mass is 10.1. The molecule has 2 fully saturated rings. The fraction of sp³-hybridized carbons (Fsp3) is 0.941. The standard InChI is InChI=1S/C17H33N3O3/c1-3-21-14-15-5-9-20(13-15)17(18-2)19-8-4-10-23-16-6-11-22-12-7-16/h15-16H,3-14H2,1-2H3,(H,18,19). The van der Waals surface area contributed by atoms with Gasteiger partial charge in [-0.2, -0.15) is 0 Å². The van der Waals surface area contributed by atoms with Crippen molar-refractivity contribution in [3.05, 3.63) is 0 Å². The van der Waals surface area contributed by atoms with Gasteiger partial charge in [-0.25, -0.2) is 0 Å². The molecule has 0 aromatic heterocycles. The van der Waals surface area contributed by atoms with Crippen LogP contribution in [-0.2, 0) is 14.2 Å². The van der Waals surface area contributed by atoms with Gasteiger partial charge in [-0.05, 0) is 32.6 Å². The van der Waals surface area contributed by atoms with Crippen LogP contribution >= 0.6 is 0 Å². The first-order valence-electron chi connectivity index (χ1n) is 9.06. The number of hydrogen-bond donors (Lipinski definition) is 1. The zero-order valence-electron chi connectivity index (χ0n) is 14.8. The summed E-state index contributed by atoms with van der Waals surface area (Å²) in [5, 5.41) is 3.46. The molecule has 1 unspecified atom stereocenters. The molecule has 0 saturated carbocycles. The number of aliphatic imine (C=N–C) groups is 1. The van der Waals surface area contributed by atoms with Crippen LogP contribution in [0.15, 0.2) is 4.99 Å². The van der Waals surface area contributed by atoms with Crippen molar-refractivity contribution < 1.29 is 14.2 Å². The van der Waals surface area contributed by atoms with Gasteiger partial charge in [0.15, 0.2) is 5.96 Å². The van der Waals surface area contributed by atoms with Crippen molar-refractivity contribution in [1.29, 1.82) is 0 Å². The maximum atomic E-state index is 5.90. The smallest absolute Gasteiger partial charge is 0.193 e. The highest BCUT2D eigenvalue weighted by molar-refractivity contribution is 5.80. The van der Waals surface area contributed by atoms with E-state index in [1.807, 2.05) is 7.05 Å². The van der Waals surface area contributed by atoms with Crippen molar-refractivity contribution in [1.82, 2.24) is 10.2 Å². The summed E-state index contributed by atoms with van der Waals surface area (Å²) in [6, 6.07) is 0. The first-order chi connectivity index (χ1) is 11.3. The molecule has 1 N–H and O–H groups in total. The summed E-state index contributed by atoms with van der Waals surface area (Å²) in [5.74, 6) is 1.64. The Balaban J connectivity index is 1.56. The third-order valence-electron chi connectivity index (χ3n) is 4.48. The molecule has 0 spiro atoms. The van der Waals surface area contributed by atoms with Crippen LogP contribution in [0.2, 0.25) is 0 Å². The third kappa shape index (κ3) is 6.65. The first kappa shape index (κ1) is 18.5. The molecule has 0 bridgehead atoms. The van der Waals surface area contributed by atoms with E-state index in [0.717, 1.165) is 77.9 Å². The third-order valence-corrected chi connectivity index (χ3v) is 4.48. The highest BCUT2D eigenvalue weighted by Crippen LogP contribution is 2.16. The zero-order chi connectivity index (χ0) is 16.3. The topological polar surface area (TPSA) is 55.3 Å². The summed E-state index contributed by atoms with van der Waals surface area (Å²) in [5.41, 5.74) is 0. The van der Waals surface area contributed by atoms with Crippen LogP contribution in [0.1, 0.15) is 32.6 Å². The van der Waals surface area contributed by atoms with Crippen LogP contribution in [-0.4, -0.2) is 76.7 Å². The largest absolute Gasteiger partial charge is 0.381 e. The molecule has 0 aliphatic carbocycles. The molecule has 134 valence electrons. The van der Waals surface area contributed by atoms with Crippen LogP contribution in [0.3, 0.4) is 0 Å². The van der Waals surface area contributed by atoms with E-state index < -0.39 is 0 Å². The molecule has 2 aliphatic rings. The first-order valence-corrected chi connectivity index (χ1v) is 9.06. The van der Waals surface area contributed by atoms with Crippen molar-refractivity contribution in [3.8, 4) is 0 Å². The van der Waals surface area contributed by atoms with Gasteiger partial charge < -0.3 is 24.4 Å². The molecule has 2 heterocycles. The number of likely N-dealkylation sites (tertiary alicyclic amines) is 1. The van der Waals surface area contributed by atoms with E-state index in [0.29, 0.717) is 12.0 Å². The molecular formula is C17H33N3O3. The molecule has 2 aliphatic heterocycles. The number of nitrogens with zero attached hydrogens (tertiary/aromatic N) is 2. The lowest BCUT2D eigenvalue weighted by molar-refractivity contribution is -0.0320. The van der Waals surface area contributed by atoms with Gasteiger partial charge in [0, 0.05) is 59.0 Å². The molecule has 0 radical (unpaired) electrons. The van der Waals surface area contributed by atoms with Crippen LogP contribution < -0.4 is 5.32 Å². The lowest BCUT2D eigenvalue weighted by Gasteiger charge is -2.23. The second-order valence-electron chi connectivity index (χ2n) is 6.27. The summed E-state index contributed by atoms with van der Waals surface area (Å²) >= 11 is 0. The van der Waals surface area contributed by atoms with Crippen LogP contribution in [0.5, 0.6) is 0 Å². The van der Waals surface area contributed by atoms with Gasteiger partial charge >= 0.3 is 0 Å². The Morgan fingerprint density at radius 2 is 2.13 bits per heavy atom. The van der Waals surface area contributed by atoms with Gasteiger partial charge in [-0.15, -0.1) is 0 Å². The fourth-order valence-corrected chi connectivity index (χ4v) is 3.14. The zero-order valence-corrected chi connectivity index (χ0v) is 14.8. The predicted molar refractivity (Wildman–Crippen MR) is 91.9 cm³/mol. The Kier molecular flexibility index (Phi) is 8.71. The predicted octanol–water partition coefficient (Wildman–Crippen LogP) is 1.51. The minimum absolute atomic E-state index is 0.390. The Morgan fingerprint density at radius 3 is 2.87 bits per heavy atom. The fourth-order valence-electron chi connectivity index (χ4n) is 3.14. The molecule has 0 amide bonds. The van der Waals surface area contributed by atoms with E-state index in [1.165, 1.54) is 6.42 Å². The van der Waals surface area contributed by atoms with Gasteiger partial charge in [-0.3, -0.25) is 4.99 Å². The van der Waals surface area contributed by atoms with Crippen molar-refractivity contribution in [2.75, 3.05) is 59.7 Å². The monoisotopic (exact) mass is 327 g/mol. The van der Waals surface area contributed by atoms with E-state index in [1.54, 1.807) is 0 Å². The Bertz CT molecular complexity index is 346. The normalized spacial score (nSPS) is 23.5. The lowest BCUT2D eigenvalue weighted by Crippen LogP contribution is -2.41. The summed E-state index contributed by atoms with van der Waals surface area (Å²) in [6.07, 6.45) is 4.65. The molecule has 23 heavy (non-hydrogen) atoms. The minimum Gasteiger partial charge on any atom is -0.381 e. The highest BCUT2D eigenvalue weighted by atomic mass is 16.5. The molecule has 6 nitrogen and oxygen atoms in total. The maximum Gasteiger partial charge on any atom is 0.193 e. The van der Waals surface area contributed by atoms with Crippen LogP contribution in [0, 0.1) is 5.92 Å². The van der Waals surface area contributed by atoms with Crippen molar-refractivity contribution in [3.63, 3.8) is 0 Å². The van der Waals surface area contributed by atoms with Crippen LogP contribution in [0.25, 0.3) is 0 Å². The van der Waals surface area contributed by atoms with Gasteiger partial charge in [0.1, 0.15) is 0 Å². The van der Waals surface area contributed by atoms with E-state index >= 15 is 0 Å². The number of nitrogens with one attached hydrogen (secondary N) is 1. The van der Waals surface area contributed by atoms with Gasteiger partial charge in [0.2, 0.25) is 0 Å². The summed E-state index contributed by atoms with van der Waals surface area (Å²) in [4.78, 5) is 6.74. The van der Waals surface area contributed by atoms with Crippen molar-refractivity contribution in [2.24, 2.45) is 10.9 Å². The molecule has 2 saturated heterocycles. The second-order valence-corrected chi connectivity index (χ2v) is 6.27. The van der Waals surface area contributed by atoms with Crippen LogP contribution in [0.4, 0.5) is 0 Å². The van der Waals surface area contributed by atoms with E-state index in [4.69, 9.17) is 14.2 Å². The molecular weight excluding hydrogens is 294 g/mol. The molecule has 0 aromatic carbocycles.